The molecule has 2 aromatic rings. The second-order valence-electron chi connectivity index (χ2n) is 3.95. The van der Waals surface area contributed by atoms with Crippen LogP contribution >= 0.6 is 39.1 Å². The average molecular weight is 345 g/mol. The number of halogens is 3. The van der Waals surface area contributed by atoms with Crippen molar-refractivity contribution in [3.8, 4) is 0 Å². The van der Waals surface area contributed by atoms with E-state index in [1.54, 1.807) is 0 Å². The van der Waals surface area contributed by atoms with E-state index < -0.39 is 0 Å². The summed E-state index contributed by atoms with van der Waals surface area (Å²) in [5.74, 6) is 0. The molecule has 0 saturated heterocycles. The van der Waals surface area contributed by atoms with Crippen LogP contribution in [0.25, 0.3) is 0 Å². The Bertz CT molecular complexity index is 557. The summed E-state index contributed by atoms with van der Waals surface area (Å²) in [5, 5.41) is 4.73. The number of hydrogen-bond acceptors (Lipinski definition) is 1. The number of nitrogens with one attached hydrogen (secondary N) is 1. The van der Waals surface area contributed by atoms with Crippen molar-refractivity contribution in [1.29, 1.82) is 0 Å². The van der Waals surface area contributed by atoms with Crippen molar-refractivity contribution >= 4 is 39.1 Å². The van der Waals surface area contributed by atoms with Gasteiger partial charge in [-0.15, -0.1) is 0 Å². The van der Waals surface area contributed by atoms with Crippen LogP contribution in [0.1, 0.15) is 17.2 Å². The largest absolute Gasteiger partial charge is 0.309 e. The Morgan fingerprint density at radius 2 is 1.78 bits per heavy atom. The number of rotatable bonds is 3. The Hall–Kier alpha value is -0.540. The molecule has 0 aliphatic heterocycles. The molecule has 0 aliphatic carbocycles. The molecule has 0 heterocycles. The molecule has 2 aromatic carbocycles. The molecule has 1 atom stereocenters. The SMILES string of the molecule is CNC(c1cccc(Cl)c1)c1ccc(Cl)c(Br)c1. The summed E-state index contributed by atoms with van der Waals surface area (Å²) in [5.41, 5.74) is 2.26. The van der Waals surface area contributed by atoms with E-state index in [0.717, 1.165) is 20.6 Å². The summed E-state index contributed by atoms with van der Waals surface area (Å²) < 4.78 is 0.893. The van der Waals surface area contributed by atoms with Gasteiger partial charge in [0.15, 0.2) is 0 Å². The highest BCUT2D eigenvalue weighted by molar-refractivity contribution is 9.10. The van der Waals surface area contributed by atoms with E-state index in [4.69, 9.17) is 23.2 Å². The first-order valence-electron chi connectivity index (χ1n) is 5.49. The number of benzene rings is 2. The van der Waals surface area contributed by atoms with Gasteiger partial charge < -0.3 is 5.32 Å². The predicted octanol–water partition coefficient (Wildman–Crippen LogP) is 5.06. The van der Waals surface area contributed by atoms with E-state index in [2.05, 4.69) is 27.3 Å². The van der Waals surface area contributed by atoms with Gasteiger partial charge in [0, 0.05) is 9.50 Å². The monoisotopic (exact) mass is 343 g/mol. The van der Waals surface area contributed by atoms with Gasteiger partial charge in [-0.25, -0.2) is 0 Å². The smallest absolute Gasteiger partial charge is 0.0575 e. The van der Waals surface area contributed by atoms with E-state index in [1.165, 1.54) is 0 Å². The standard InChI is InChI=1S/C14H12BrCl2N/c1-18-14(9-3-2-4-11(16)7-9)10-5-6-13(17)12(15)8-10/h2-8,14,18H,1H3. The van der Waals surface area contributed by atoms with Gasteiger partial charge in [0.2, 0.25) is 0 Å². The molecule has 0 aliphatic rings. The highest BCUT2D eigenvalue weighted by Gasteiger charge is 2.13. The summed E-state index contributed by atoms with van der Waals surface area (Å²) >= 11 is 15.5. The van der Waals surface area contributed by atoms with E-state index in [1.807, 2.05) is 43.4 Å². The molecular weight excluding hydrogens is 333 g/mol. The molecule has 0 spiro atoms. The van der Waals surface area contributed by atoms with Crippen molar-refractivity contribution in [3.63, 3.8) is 0 Å². The highest BCUT2D eigenvalue weighted by atomic mass is 79.9. The van der Waals surface area contributed by atoms with E-state index in [0.29, 0.717) is 5.02 Å². The third-order valence-electron chi connectivity index (χ3n) is 2.75. The Kier molecular flexibility index (Phi) is 4.68. The van der Waals surface area contributed by atoms with Gasteiger partial charge in [-0.05, 0) is 58.4 Å². The van der Waals surface area contributed by atoms with Crippen LogP contribution in [0, 0.1) is 0 Å². The van der Waals surface area contributed by atoms with Gasteiger partial charge in [0.1, 0.15) is 0 Å². The lowest BCUT2D eigenvalue weighted by Crippen LogP contribution is -2.17. The van der Waals surface area contributed by atoms with Crippen LogP contribution in [0.4, 0.5) is 0 Å². The van der Waals surface area contributed by atoms with E-state index >= 15 is 0 Å². The molecule has 1 N–H and O–H groups in total. The quantitative estimate of drug-likeness (QED) is 0.820. The fourth-order valence-corrected chi connectivity index (χ4v) is 2.62. The van der Waals surface area contributed by atoms with Gasteiger partial charge in [-0.1, -0.05) is 41.4 Å². The third-order valence-corrected chi connectivity index (χ3v) is 4.20. The van der Waals surface area contributed by atoms with Crippen molar-refractivity contribution < 1.29 is 0 Å². The molecule has 94 valence electrons. The van der Waals surface area contributed by atoms with E-state index in [9.17, 15) is 0 Å². The second-order valence-corrected chi connectivity index (χ2v) is 5.65. The zero-order valence-corrected chi connectivity index (χ0v) is 12.9. The first kappa shape index (κ1) is 13.9. The Balaban J connectivity index is 2.42. The van der Waals surface area contributed by atoms with Crippen molar-refractivity contribution in [2.75, 3.05) is 7.05 Å². The normalized spacial score (nSPS) is 12.4. The average Bonchev–Trinajstić information content (AvgIpc) is 2.35. The fourth-order valence-electron chi connectivity index (χ4n) is 1.90. The molecule has 4 heteroatoms. The molecule has 2 rings (SSSR count). The molecule has 0 bridgehead atoms. The Morgan fingerprint density at radius 1 is 1.06 bits per heavy atom. The van der Waals surface area contributed by atoms with Gasteiger partial charge in [0.25, 0.3) is 0 Å². The van der Waals surface area contributed by atoms with Gasteiger partial charge in [-0.3, -0.25) is 0 Å². The molecule has 0 radical (unpaired) electrons. The van der Waals surface area contributed by atoms with Crippen LogP contribution < -0.4 is 5.32 Å². The Labute approximate surface area is 125 Å². The minimum atomic E-state index is 0.0947. The van der Waals surface area contributed by atoms with Crippen LogP contribution in [0.15, 0.2) is 46.9 Å². The maximum Gasteiger partial charge on any atom is 0.0575 e. The van der Waals surface area contributed by atoms with Crippen LogP contribution in [-0.2, 0) is 0 Å². The summed E-state index contributed by atoms with van der Waals surface area (Å²) in [7, 11) is 1.92. The van der Waals surface area contributed by atoms with Crippen molar-refractivity contribution in [2.24, 2.45) is 0 Å². The van der Waals surface area contributed by atoms with Gasteiger partial charge >= 0.3 is 0 Å². The molecular formula is C14H12BrCl2N. The van der Waals surface area contributed by atoms with Crippen LogP contribution in [0.5, 0.6) is 0 Å². The van der Waals surface area contributed by atoms with Crippen molar-refractivity contribution in [3.05, 3.63) is 68.1 Å². The molecule has 18 heavy (non-hydrogen) atoms. The summed E-state index contributed by atoms with van der Waals surface area (Å²) in [6.45, 7) is 0. The van der Waals surface area contributed by atoms with Gasteiger partial charge in [0.05, 0.1) is 11.1 Å². The minimum Gasteiger partial charge on any atom is -0.309 e. The summed E-state index contributed by atoms with van der Waals surface area (Å²) in [6.07, 6.45) is 0. The molecule has 0 fully saturated rings. The topological polar surface area (TPSA) is 12.0 Å². The highest BCUT2D eigenvalue weighted by Crippen LogP contribution is 2.29. The molecule has 0 amide bonds. The number of hydrogen-bond donors (Lipinski definition) is 1. The maximum atomic E-state index is 6.03. The molecule has 0 saturated carbocycles. The molecule has 1 unspecified atom stereocenters. The Morgan fingerprint density at radius 3 is 2.39 bits per heavy atom. The second kappa shape index (κ2) is 6.07. The maximum absolute atomic E-state index is 6.03. The van der Waals surface area contributed by atoms with Crippen LogP contribution in [-0.4, -0.2) is 7.05 Å². The first-order chi connectivity index (χ1) is 8.61. The lowest BCUT2D eigenvalue weighted by atomic mass is 9.99. The molecule has 1 nitrogen and oxygen atoms in total. The van der Waals surface area contributed by atoms with Crippen LogP contribution in [0.2, 0.25) is 10.0 Å². The van der Waals surface area contributed by atoms with Crippen molar-refractivity contribution in [1.82, 2.24) is 5.32 Å². The van der Waals surface area contributed by atoms with E-state index in [-0.39, 0.29) is 6.04 Å². The summed E-state index contributed by atoms with van der Waals surface area (Å²) in [6, 6.07) is 13.8. The van der Waals surface area contributed by atoms with Gasteiger partial charge in [-0.2, -0.15) is 0 Å². The third kappa shape index (κ3) is 3.07. The van der Waals surface area contributed by atoms with Crippen LogP contribution in [0.3, 0.4) is 0 Å². The van der Waals surface area contributed by atoms with Crippen molar-refractivity contribution in [2.45, 2.75) is 6.04 Å². The zero-order chi connectivity index (χ0) is 13.1. The zero-order valence-electron chi connectivity index (χ0n) is 9.75. The fraction of sp³-hybridized carbons (Fsp3) is 0.143. The minimum absolute atomic E-state index is 0.0947. The molecule has 0 aromatic heterocycles. The first-order valence-corrected chi connectivity index (χ1v) is 7.04. The predicted molar refractivity (Wildman–Crippen MR) is 81.5 cm³/mol. The lowest BCUT2D eigenvalue weighted by Gasteiger charge is -2.18. The summed E-state index contributed by atoms with van der Waals surface area (Å²) in [4.78, 5) is 0. The lowest BCUT2D eigenvalue weighted by molar-refractivity contribution is 0.691.